The molecule has 5 nitrogen and oxygen atoms in total. The van der Waals surface area contributed by atoms with Gasteiger partial charge in [-0.25, -0.2) is 0 Å². The minimum atomic E-state index is -0.677. The summed E-state index contributed by atoms with van der Waals surface area (Å²) >= 11 is 0. The molecule has 0 unspecified atom stereocenters. The summed E-state index contributed by atoms with van der Waals surface area (Å²) in [5.41, 5.74) is 2.02. The summed E-state index contributed by atoms with van der Waals surface area (Å²) in [4.78, 5) is 10.4. The molecule has 1 aromatic carbocycles. The molecule has 0 atom stereocenters. The zero-order valence-electron chi connectivity index (χ0n) is 19.3. The Kier molecular flexibility index (Phi) is 13.8. The van der Waals surface area contributed by atoms with Crippen molar-refractivity contribution in [2.75, 3.05) is 14.2 Å². The average Bonchev–Trinajstić information content (AvgIpc) is 2.72. The van der Waals surface area contributed by atoms with Gasteiger partial charge in [0.15, 0.2) is 11.5 Å². The summed E-state index contributed by atoms with van der Waals surface area (Å²) in [6, 6.07) is 1.93. The number of unbranched alkanes of at least 4 members (excludes halogenated alkanes) is 12. The first kappa shape index (κ1) is 26.1. The summed E-state index contributed by atoms with van der Waals surface area (Å²) in [6.07, 6.45) is 16.8. The summed E-state index contributed by atoms with van der Waals surface area (Å²) in [5, 5.41) is 19.1. The van der Waals surface area contributed by atoms with Crippen LogP contribution in [0.3, 0.4) is 0 Å². The predicted molar refractivity (Wildman–Crippen MR) is 122 cm³/mol. The maximum absolute atomic E-state index is 10.5. The van der Waals surface area contributed by atoms with Crippen molar-refractivity contribution in [1.29, 1.82) is 0 Å². The lowest BCUT2D eigenvalue weighted by Gasteiger charge is -2.15. The van der Waals surface area contributed by atoms with E-state index in [9.17, 15) is 9.90 Å². The number of carboxylic acid groups (broad SMARTS) is 1. The number of carbonyl (C=O) groups is 1. The van der Waals surface area contributed by atoms with Gasteiger partial charge in [-0.15, -0.1) is 0 Å². The molecule has 2 N–H and O–H groups in total. The van der Waals surface area contributed by atoms with E-state index in [4.69, 9.17) is 14.6 Å². The van der Waals surface area contributed by atoms with Gasteiger partial charge in [0.25, 0.3) is 0 Å². The topological polar surface area (TPSA) is 76.0 Å². The lowest BCUT2D eigenvalue weighted by Crippen LogP contribution is -1.98. The molecular formula is C25H42O5. The maximum Gasteiger partial charge on any atom is 0.303 e. The van der Waals surface area contributed by atoms with E-state index in [1.54, 1.807) is 14.2 Å². The molecule has 0 radical (unpaired) electrons. The van der Waals surface area contributed by atoms with E-state index in [1.807, 2.05) is 13.0 Å². The lowest BCUT2D eigenvalue weighted by atomic mass is 9.99. The quantitative estimate of drug-likeness (QED) is 0.254. The first-order chi connectivity index (χ1) is 14.5. The summed E-state index contributed by atoms with van der Waals surface area (Å²) in [6.45, 7) is 2.01. The van der Waals surface area contributed by atoms with Gasteiger partial charge < -0.3 is 19.7 Å². The number of hydrogen-bond donors (Lipinski definition) is 2. The van der Waals surface area contributed by atoms with Gasteiger partial charge in [-0.05, 0) is 37.8 Å². The van der Waals surface area contributed by atoms with Gasteiger partial charge in [-0.1, -0.05) is 70.6 Å². The Bertz CT molecular complexity index is 612. The smallest absolute Gasteiger partial charge is 0.303 e. The van der Waals surface area contributed by atoms with Crippen molar-refractivity contribution in [3.8, 4) is 17.2 Å². The number of ether oxygens (including phenoxy) is 2. The van der Waals surface area contributed by atoms with Crippen molar-refractivity contribution in [3.05, 3.63) is 17.2 Å². The second-order valence-corrected chi connectivity index (χ2v) is 8.25. The number of aliphatic carboxylic acids is 1. The predicted octanol–water partition coefficient (Wildman–Crippen LogP) is 6.81. The Morgan fingerprint density at radius 2 is 1.27 bits per heavy atom. The molecule has 0 aliphatic heterocycles. The molecular weight excluding hydrogens is 380 g/mol. The van der Waals surface area contributed by atoms with Crippen LogP contribution < -0.4 is 9.47 Å². The van der Waals surface area contributed by atoms with Crippen molar-refractivity contribution in [2.45, 2.75) is 103 Å². The van der Waals surface area contributed by atoms with E-state index in [0.717, 1.165) is 36.8 Å². The fraction of sp³-hybridized carbons (Fsp3) is 0.720. The Hall–Kier alpha value is -1.91. The van der Waals surface area contributed by atoms with Gasteiger partial charge in [-0.3, -0.25) is 4.79 Å². The molecule has 0 saturated heterocycles. The van der Waals surface area contributed by atoms with Gasteiger partial charge in [0.2, 0.25) is 5.75 Å². The highest BCUT2D eigenvalue weighted by atomic mass is 16.5. The number of aryl methyl sites for hydroxylation is 1. The van der Waals surface area contributed by atoms with Crippen LogP contribution in [0.2, 0.25) is 0 Å². The molecule has 0 aliphatic carbocycles. The number of methoxy groups -OCH3 is 2. The molecule has 0 bridgehead atoms. The first-order valence-electron chi connectivity index (χ1n) is 11.7. The minimum Gasteiger partial charge on any atom is -0.504 e. The van der Waals surface area contributed by atoms with Crippen LogP contribution >= 0.6 is 0 Å². The normalized spacial score (nSPS) is 10.9. The molecule has 1 rings (SSSR count). The van der Waals surface area contributed by atoms with E-state index in [2.05, 4.69) is 0 Å². The number of rotatable bonds is 18. The zero-order valence-corrected chi connectivity index (χ0v) is 19.3. The number of phenols is 1. The van der Waals surface area contributed by atoms with Crippen LogP contribution in [0.5, 0.6) is 17.2 Å². The lowest BCUT2D eigenvalue weighted by molar-refractivity contribution is -0.137. The van der Waals surface area contributed by atoms with Crippen LogP contribution in [0.25, 0.3) is 0 Å². The summed E-state index contributed by atoms with van der Waals surface area (Å²) < 4.78 is 10.6. The van der Waals surface area contributed by atoms with Gasteiger partial charge >= 0.3 is 5.97 Å². The molecule has 30 heavy (non-hydrogen) atoms. The third kappa shape index (κ3) is 10.2. The van der Waals surface area contributed by atoms with Crippen molar-refractivity contribution >= 4 is 5.97 Å². The minimum absolute atomic E-state index is 0.219. The van der Waals surface area contributed by atoms with Crippen LogP contribution in [0.15, 0.2) is 6.07 Å². The number of hydrogen-bond acceptors (Lipinski definition) is 4. The van der Waals surface area contributed by atoms with Gasteiger partial charge in [0, 0.05) is 12.0 Å². The highest BCUT2D eigenvalue weighted by Crippen LogP contribution is 2.41. The van der Waals surface area contributed by atoms with Crippen molar-refractivity contribution in [3.63, 3.8) is 0 Å². The van der Waals surface area contributed by atoms with Crippen molar-refractivity contribution < 1.29 is 24.5 Å². The first-order valence-corrected chi connectivity index (χ1v) is 11.7. The highest BCUT2D eigenvalue weighted by molar-refractivity contribution is 5.66. The standard InChI is InChI=1S/C25H42O5/c1-20-19-22(29-2)25(30-3)24(28)21(20)17-15-13-11-9-7-5-4-6-8-10-12-14-16-18-23(26)27/h19,28H,4-18H2,1-3H3,(H,26,27). The van der Waals surface area contributed by atoms with Gasteiger partial charge in [0.05, 0.1) is 14.2 Å². The van der Waals surface area contributed by atoms with Crippen LogP contribution in [0.4, 0.5) is 0 Å². The molecule has 0 spiro atoms. The van der Waals surface area contributed by atoms with Crippen LogP contribution in [0, 0.1) is 6.92 Å². The van der Waals surface area contributed by atoms with Crippen LogP contribution in [-0.4, -0.2) is 30.4 Å². The molecule has 5 heteroatoms. The Morgan fingerprint density at radius 3 is 1.70 bits per heavy atom. The molecule has 0 fully saturated rings. The SMILES string of the molecule is COc1cc(C)c(CCCCCCCCCCCCCCCC(=O)O)c(O)c1OC. The molecule has 0 aliphatic rings. The zero-order chi connectivity index (χ0) is 22.2. The third-order valence-corrected chi connectivity index (χ3v) is 5.79. The number of benzene rings is 1. The third-order valence-electron chi connectivity index (χ3n) is 5.79. The monoisotopic (exact) mass is 422 g/mol. The number of aromatic hydroxyl groups is 1. The highest BCUT2D eigenvalue weighted by Gasteiger charge is 2.16. The van der Waals surface area contributed by atoms with E-state index in [-0.39, 0.29) is 5.75 Å². The number of phenolic OH excluding ortho intramolecular Hbond substituents is 1. The summed E-state index contributed by atoms with van der Waals surface area (Å²) in [5.74, 6) is 0.549. The fourth-order valence-corrected chi connectivity index (χ4v) is 3.98. The summed E-state index contributed by atoms with van der Waals surface area (Å²) in [7, 11) is 3.14. The van der Waals surface area contributed by atoms with Crippen molar-refractivity contribution in [2.24, 2.45) is 0 Å². The molecule has 0 saturated carbocycles. The molecule has 0 aromatic heterocycles. The molecule has 0 amide bonds. The van der Waals surface area contributed by atoms with E-state index in [1.165, 1.54) is 64.2 Å². The van der Waals surface area contributed by atoms with Crippen molar-refractivity contribution in [1.82, 2.24) is 0 Å². The maximum atomic E-state index is 10.5. The van der Waals surface area contributed by atoms with E-state index >= 15 is 0 Å². The van der Waals surface area contributed by atoms with E-state index in [0.29, 0.717) is 17.9 Å². The number of carboxylic acids is 1. The molecule has 0 heterocycles. The fourth-order valence-electron chi connectivity index (χ4n) is 3.98. The van der Waals surface area contributed by atoms with E-state index < -0.39 is 5.97 Å². The van der Waals surface area contributed by atoms with Crippen LogP contribution in [-0.2, 0) is 11.2 Å². The molecule has 172 valence electrons. The largest absolute Gasteiger partial charge is 0.504 e. The Balaban J connectivity index is 2.03. The van der Waals surface area contributed by atoms with Crippen LogP contribution in [0.1, 0.15) is 101 Å². The second-order valence-electron chi connectivity index (χ2n) is 8.25. The molecule has 1 aromatic rings. The second kappa shape index (κ2) is 15.9. The van der Waals surface area contributed by atoms with Gasteiger partial charge in [0.1, 0.15) is 0 Å². The Morgan fingerprint density at radius 1 is 0.800 bits per heavy atom. The average molecular weight is 423 g/mol. The van der Waals surface area contributed by atoms with Gasteiger partial charge in [-0.2, -0.15) is 0 Å². The Labute approximate surface area is 182 Å².